The standard InChI is InChI=1S/C18H21ClFN/c1-13-6-3-4-7-15(13)10-14(12-21-2)11-16-17(19)8-5-9-18(16)20/h3-9,14,21H,10-12H2,1-2H3. The minimum absolute atomic E-state index is 0.214. The molecule has 0 aliphatic heterocycles. The Labute approximate surface area is 131 Å². The number of aryl methyl sites for hydroxylation is 1. The Morgan fingerprint density at radius 2 is 1.86 bits per heavy atom. The van der Waals surface area contributed by atoms with Crippen molar-refractivity contribution in [2.45, 2.75) is 19.8 Å². The molecule has 1 atom stereocenters. The summed E-state index contributed by atoms with van der Waals surface area (Å²) < 4.78 is 14.0. The van der Waals surface area contributed by atoms with E-state index in [9.17, 15) is 4.39 Å². The molecule has 0 aromatic heterocycles. The first-order valence-electron chi connectivity index (χ1n) is 7.23. The van der Waals surface area contributed by atoms with Gasteiger partial charge in [0, 0.05) is 10.6 Å². The van der Waals surface area contributed by atoms with Crippen molar-refractivity contribution in [2.24, 2.45) is 5.92 Å². The molecule has 2 aromatic carbocycles. The summed E-state index contributed by atoms with van der Waals surface area (Å²) in [5.74, 6) is 0.0962. The molecular weight excluding hydrogens is 285 g/mol. The molecule has 0 spiro atoms. The van der Waals surface area contributed by atoms with Gasteiger partial charge in [-0.2, -0.15) is 0 Å². The van der Waals surface area contributed by atoms with Gasteiger partial charge in [0.05, 0.1) is 0 Å². The molecule has 112 valence electrons. The highest BCUT2D eigenvalue weighted by molar-refractivity contribution is 6.31. The SMILES string of the molecule is CNCC(Cc1ccccc1C)Cc1c(F)cccc1Cl. The number of nitrogens with one attached hydrogen (secondary N) is 1. The Kier molecular flexibility index (Phi) is 5.77. The van der Waals surface area contributed by atoms with Crippen molar-refractivity contribution in [3.05, 3.63) is 70.0 Å². The summed E-state index contributed by atoms with van der Waals surface area (Å²) >= 11 is 6.15. The molecule has 2 aromatic rings. The molecule has 0 aliphatic carbocycles. The number of halogens is 2. The first kappa shape index (κ1) is 16.0. The normalized spacial score (nSPS) is 12.4. The number of hydrogen-bond donors (Lipinski definition) is 1. The second-order valence-corrected chi connectivity index (χ2v) is 5.87. The Morgan fingerprint density at radius 1 is 1.10 bits per heavy atom. The Balaban J connectivity index is 2.18. The average Bonchev–Trinajstić information content (AvgIpc) is 2.45. The predicted octanol–water partition coefficient (Wildman–Crippen LogP) is 4.41. The maximum absolute atomic E-state index is 14.0. The van der Waals surface area contributed by atoms with Crippen LogP contribution in [0.15, 0.2) is 42.5 Å². The molecule has 0 bridgehead atoms. The van der Waals surface area contributed by atoms with Crippen molar-refractivity contribution in [1.82, 2.24) is 5.32 Å². The van der Waals surface area contributed by atoms with Crippen molar-refractivity contribution in [2.75, 3.05) is 13.6 Å². The Hall–Kier alpha value is -1.38. The van der Waals surface area contributed by atoms with Crippen LogP contribution in [0.2, 0.25) is 5.02 Å². The molecule has 21 heavy (non-hydrogen) atoms. The lowest BCUT2D eigenvalue weighted by molar-refractivity contribution is 0.479. The molecule has 0 radical (unpaired) electrons. The molecule has 2 rings (SSSR count). The van der Waals surface area contributed by atoms with Crippen molar-refractivity contribution in [3.8, 4) is 0 Å². The third-order valence-electron chi connectivity index (χ3n) is 3.82. The molecule has 1 N–H and O–H groups in total. The van der Waals surface area contributed by atoms with Gasteiger partial charge in [-0.25, -0.2) is 4.39 Å². The molecule has 1 unspecified atom stereocenters. The third kappa shape index (κ3) is 4.29. The lowest BCUT2D eigenvalue weighted by Crippen LogP contribution is -2.23. The second-order valence-electron chi connectivity index (χ2n) is 5.46. The molecule has 0 aliphatic rings. The molecule has 0 fully saturated rings. The zero-order valence-corrected chi connectivity index (χ0v) is 13.3. The van der Waals surface area contributed by atoms with Crippen LogP contribution in [-0.4, -0.2) is 13.6 Å². The number of hydrogen-bond acceptors (Lipinski definition) is 1. The minimum Gasteiger partial charge on any atom is -0.319 e. The highest BCUT2D eigenvalue weighted by Gasteiger charge is 2.16. The molecule has 3 heteroatoms. The molecule has 0 saturated carbocycles. The lowest BCUT2D eigenvalue weighted by Gasteiger charge is -2.19. The quantitative estimate of drug-likeness (QED) is 0.833. The van der Waals surface area contributed by atoms with E-state index < -0.39 is 0 Å². The molecule has 0 saturated heterocycles. The fourth-order valence-corrected chi connectivity index (χ4v) is 2.91. The molecule has 0 amide bonds. The second kappa shape index (κ2) is 7.58. The van der Waals surface area contributed by atoms with E-state index in [2.05, 4.69) is 30.4 Å². The van der Waals surface area contributed by atoms with Gasteiger partial charge in [0.1, 0.15) is 5.82 Å². The number of rotatable bonds is 6. The summed E-state index contributed by atoms with van der Waals surface area (Å²) in [4.78, 5) is 0. The van der Waals surface area contributed by atoms with Crippen LogP contribution in [0.5, 0.6) is 0 Å². The molecule has 0 heterocycles. The van der Waals surface area contributed by atoms with E-state index in [0.717, 1.165) is 13.0 Å². The minimum atomic E-state index is -0.214. The first-order chi connectivity index (χ1) is 10.1. The van der Waals surface area contributed by atoms with Gasteiger partial charge >= 0.3 is 0 Å². The van der Waals surface area contributed by atoms with E-state index in [1.54, 1.807) is 12.1 Å². The van der Waals surface area contributed by atoms with Gasteiger partial charge < -0.3 is 5.32 Å². The van der Waals surface area contributed by atoms with Gasteiger partial charge in [-0.1, -0.05) is 41.9 Å². The van der Waals surface area contributed by atoms with Crippen LogP contribution >= 0.6 is 11.6 Å². The molecular formula is C18H21ClFN. The van der Waals surface area contributed by atoms with E-state index in [4.69, 9.17) is 11.6 Å². The smallest absolute Gasteiger partial charge is 0.127 e. The van der Waals surface area contributed by atoms with Crippen LogP contribution in [-0.2, 0) is 12.8 Å². The lowest BCUT2D eigenvalue weighted by atomic mass is 9.90. The van der Waals surface area contributed by atoms with Gasteiger partial charge in [0.25, 0.3) is 0 Å². The molecule has 1 nitrogen and oxygen atoms in total. The summed E-state index contributed by atoms with van der Waals surface area (Å²) in [5.41, 5.74) is 3.21. The van der Waals surface area contributed by atoms with Gasteiger partial charge in [-0.15, -0.1) is 0 Å². The van der Waals surface area contributed by atoms with Crippen LogP contribution in [0.3, 0.4) is 0 Å². The predicted molar refractivity (Wildman–Crippen MR) is 87.4 cm³/mol. The summed E-state index contributed by atoms with van der Waals surface area (Å²) in [7, 11) is 1.92. The van der Waals surface area contributed by atoms with Gasteiger partial charge in [-0.05, 0) is 62.5 Å². The van der Waals surface area contributed by atoms with Crippen LogP contribution in [0.4, 0.5) is 4.39 Å². The van der Waals surface area contributed by atoms with Gasteiger partial charge in [0.15, 0.2) is 0 Å². The monoisotopic (exact) mass is 305 g/mol. The summed E-state index contributed by atoms with van der Waals surface area (Å²) in [6.07, 6.45) is 1.55. The average molecular weight is 306 g/mol. The highest BCUT2D eigenvalue weighted by atomic mass is 35.5. The van der Waals surface area contributed by atoms with Crippen LogP contribution in [0, 0.1) is 18.7 Å². The van der Waals surface area contributed by atoms with Crippen molar-refractivity contribution >= 4 is 11.6 Å². The Bertz CT molecular complexity index is 577. The maximum atomic E-state index is 14.0. The largest absolute Gasteiger partial charge is 0.319 e. The first-order valence-corrected chi connectivity index (χ1v) is 7.61. The van der Waals surface area contributed by atoms with Crippen molar-refractivity contribution in [1.29, 1.82) is 0 Å². The van der Waals surface area contributed by atoms with E-state index >= 15 is 0 Å². The Morgan fingerprint density at radius 3 is 2.52 bits per heavy atom. The zero-order valence-electron chi connectivity index (χ0n) is 12.5. The maximum Gasteiger partial charge on any atom is 0.127 e. The topological polar surface area (TPSA) is 12.0 Å². The summed E-state index contributed by atoms with van der Waals surface area (Å²) in [6.45, 7) is 2.95. The van der Waals surface area contributed by atoms with Gasteiger partial charge in [-0.3, -0.25) is 0 Å². The highest BCUT2D eigenvalue weighted by Crippen LogP contribution is 2.24. The van der Waals surface area contributed by atoms with Crippen LogP contribution in [0.1, 0.15) is 16.7 Å². The number of benzene rings is 2. The van der Waals surface area contributed by atoms with Crippen LogP contribution in [0.25, 0.3) is 0 Å². The summed E-state index contributed by atoms with van der Waals surface area (Å²) in [5, 5.41) is 3.72. The van der Waals surface area contributed by atoms with Gasteiger partial charge in [0.2, 0.25) is 0 Å². The fraction of sp³-hybridized carbons (Fsp3) is 0.333. The zero-order chi connectivity index (χ0) is 15.2. The summed E-state index contributed by atoms with van der Waals surface area (Å²) in [6, 6.07) is 13.2. The van der Waals surface area contributed by atoms with E-state index in [0.29, 0.717) is 22.9 Å². The third-order valence-corrected chi connectivity index (χ3v) is 4.17. The van der Waals surface area contributed by atoms with Crippen LogP contribution < -0.4 is 5.32 Å². The van der Waals surface area contributed by atoms with E-state index in [1.165, 1.54) is 17.2 Å². The fourth-order valence-electron chi connectivity index (χ4n) is 2.67. The van der Waals surface area contributed by atoms with Crippen molar-refractivity contribution < 1.29 is 4.39 Å². The van der Waals surface area contributed by atoms with E-state index in [-0.39, 0.29) is 5.82 Å². The van der Waals surface area contributed by atoms with E-state index in [1.807, 2.05) is 13.1 Å². The van der Waals surface area contributed by atoms with Crippen molar-refractivity contribution in [3.63, 3.8) is 0 Å².